The molecule has 17 heavy (non-hydrogen) atoms. The summed E-state index contributed by atoms with van der Waals surface area (Å²) in [7, 11) is 1.98. The number of rotatable bonds is 3. The van der Waals surface area contributed by atoms with E-state index >= 15 is 0 Å². The Labute approximate surface area is 107 Å². The van der Waals surface area contributed by atoms with Crippen molar-refractivity contribution in [2.75, 3.05) is 25.1 Å². The molecule has 0 N–H and O–H groups in total. The van der Waals surface area contributed by atoms with Gasteiger partial charge < -0.3 is 9.64 Å². The smallest absolute Gasteiger partial charge is 0.101 e. The highest BCUT2D eigenvalue weighted by molar-refractivity contribution is 6.30. The number of nitrogens with zero attached hydrogens (tertiary/aromatic N) is 2. The zero-order valence-electron chi connectivity index (χ0n) is 9.82. The molecule has 0 aliphatic carbocycles. The third-order valence-electron chi connectivity index (χ3n) is 2.99. The summed E-state index contributed by atoms with van der Waals surface area (Å²) in [6.07, 6.45) is 2.51. The number of anilines is 1. The van der Waals surface area contributed by atoms with E-state index < -0.39 is 0 Å². The number of halogens is 1. The quantitative estimate of drug-likeness (QED) is 0.828. The second kappa shape index (κ2) is 5.39. The number of hydrogen-bond acceptors (Lipinski definition) is 3. The van der Waals surface area contributed by atoms with E-state index in [-0.39, 0.29) is 6.10 Å². The minimum Gasteiger partial charge on any atom is -0.376 e. The molecule has 0 saturated carbocycles. The Balaban J connectivity index is 2.12. The van der Waals surface area contributed by atoms with Crippen LogP contribution in [0.15, 0.2) is 18.2 Å². The monoisotopic (exact) mass is 250 g/mol. The molecule has 4 heteroatoms. The summed E-state index contributed by atoms with van der Waals surface area (Å²) in [5.41, 5.74) is 1.52. The maximum atomic E-state index is 9.09. The maximum Gasteiger partial charge on any atom is 0.101 e. The lowest BCUT2D eigenvalue weighted by atomic mass is 10.1. The third-order valence-corrected chi connectivity index (χ3v) is 3.23. The first-order valence-corrected chi connectivity index (χ1v) is 6.11. The maximum absolute atomic E-state index is 9.09. The van der Waals surface area contributed by atoms with Gasteiger partial charge in [0.15, 0.2) is 0 Å². The van der Waals surface area contributed by atoms with Gasteiger partial charge in [-0.25, -0.2) is 0 Å². The van der Waals surface area contributed by atoms with Crippen LogP contribution in [0.25, 0.3) is 0 Å². The fraction of sp³-hybridized carbons (Fsp3) is 0.462. The van der Waals surface area contributed by atoms with Gasteiger partial charge in [-0.2, -0.15) is 5.26 Å². The Kier molecular flexibility index (Phi) is 3.88. The van der Waals surface area contributed by atoms with Crippen LogP contribution in [0.4, 0.5) is 5.69 Å². The Morgan fingerprint density at radius 1 is 1.59 bits per heavy atom. The fourth-order valence-electron chi connectivity index (χ4n) is 2.12. The Bertz CT molecular complexity index is 436. The van der Waals surface area contributed by atoms with Crippen molar-refractivity contribution < 1.29 is 4.74 Å². The second-order valence-electron chi connectivity index (χ2n) is 4.29. The largest absolute Gasteiger partial charge is 0.376 e. The number of nitriles is 1. The van der Waals surface area contributed by atoms with E-state index in [4.69, 9.17) is 21.6 Å². The summed E-state index contributed by atoms with van der Waals surface area (Å²) in [5, 5.41) is 9.68. The highest BCUT2D eigenvalue weighted by atomic mass is 35.5. The van der Waals surface area contributed by atoms with Crippen LogP contribution in [0, 0.1) is 11.3 Å². The first-order chi connectivity index (χ1) is 8.20. The minimum absolute atomic E-state index is 0.280. The molecular weight excluding hydrogens is 236 g/mol. The van der Waals surface area contributed by atoms with E-state index in [1.54, 1.807) is 6.07 Å². The van der Waals surface area contributed by atoms with Crippen molar-refractivity contribution in [1.82, 2.24) is 0 Å². The molecule has 1 fully saturated rings. The van der Waals surface area contributed by atoms with E-state index in [9.17, 15) is 0 Å². The van der Waals surface area contributed by atoms with E-state index in [1.165, 1.54) is 0 Å². The zero-order chi connectivity index (χ0) is 12.3. The van der Waals surface area contributed by atoms with Crippen molar-refractivity contribution in [2.45, 2.75) is 18.9 Å². The van der Waals surface area contributed by atoms with Crippen LogP contribution >= 0.6 is 11.6 Å². The summed E-state index contributed by atoms with van der Waals surface area (Å²) in [4.78, 5) is 2.06. The molecule has 1 unspecified atom stereocenters. The lowest BCUT2D eigenvalue weighted by Crippen LogP contribution is -2.29. The van der Waals surface area contributed by atoms with Crippen LogP contribution in [0.3, 0.4) is 0 Å². The van der Waals surface area contributed by atoms with Gasteiger partial charge in [0.05, 0.1) is 17.4 Å². The molecule has 0 bridgehead atoms. The molecule has 2 rings (SSSR count). The van der Waals surface area contributed by atoms with Gasteiger partial charge in [0.25, 0.3) is 0 Å². The average Bonchev–Trinajstić information content (AvgIpc) is 2.81. The third kappa shape index (κ3) is 2.91. The second-order valence-corrected chi connectivity index (χ2v) is 4.73. The lowest BCUT2D eigenvalue weighted by molar-refractivity contribution is 0.116. The predicted molar refractivity (Wildman–Crippen MR) is 68.4 cm³/mol. The van der Waals surface area contributed by atoms with Gasteiger partial charge >= 0.3 is 0 Å². The van der Waals surface area contributed by atoms with Crippen molar-refractivity contribution in [2.24, 2.45) is 0 Å². The molecule has 0 aromatic heterocycles. The molecular formula is C13H15ClN2O. The summed E-state index contributed by atoms with van der Waals surface area (Å²) < 4.78 is 5.59. The minimum atomic E-state index is 0.280. The van der Waals surface area contributed by atoms with Gasteiger partial charge in [0.1, 0.15) is 6.07 Å². The normalized spacial score (nSPS) is 19.0. The molecule has 1 aliphatic rings. The van der Waals surface area contributed by atoms with Crippen LogP contribution in [-0.4, -0.2) is 26.3 Å². The van der Waals surface area contributed by atoms with Crippen LogP contribution in [-0.2, 0) is 4.74 Å². The number of hydrogen-bond donors (Lipinski definition) is 0. The highest BCUT2D eigenvalue weighted by Crippen LogP contribution is 2.24. The lowest BCUT2D eigenvalue weighted by Gasteiger charge is -2.23. The Morgan fingerprint density at radius 2 is 2.41 bits per heavy atom. The topological polar surface area (TPSA) is 36.3 Å². The molecule has 1 heterocycles. The average molecular weight is 251 g/mol. The van der Waals surface area contributed by atoms with Crippen molar-refractivity contribution in [3.8, 4) is 6.07 Å². The Hall–Kier alpha value is -1.24. The number of ether oxygens (including phenoxy) is 1. The van der Waals surface area contributed by atoms with Crippen molar-refractivity contribution >= 4 is 17.3 Å². The van der Waals surface area contributed by atoms with Crippen LogP contribution < -0.4 is 4.90 Å². The van der Waals surface area contributed by atoms with Gasteiger partial charge in [-0.3, -0.25) is 0 Å². The Morgan fingerprint density at radius 3 is 3.06 bits per heavy atom. The first kappa shape index (κ1) is 12.2. The van der Waals surface area contributed by atoms with Gasteiger partial charge in [-0.05, 0) is 31.0 Å². The van der Waals surface area contributed by atoms with Gasteiger partial charge in [0, 0.05) is 25.2 Å². The van der Waals surface area contributed by atoms with Crippen molar-refractivity contribution in [1.29, 1.82) is 5.26 Å². The van der Waals surface area contributed by atoms with Crippen LogP contribution in [0.2, 0.25) is 5.02 Å². The van der Waals surface area contributed by atoms with E-state index in [2.05, 4.69) is 11.0 Å². The van der Waals surface area contributed by atoms with Gasteiger partial charge in [-0.1, -0.05) is 11.6 Å². The highest BCUT2D eigenvalue weighted by Gasteiger charge is 2.18. The van der Waals surface area contributed by atoms with E-state index in [0.717, 1.165) is 31.7 Å². The summed E-state index contributed by atoms with van der Waals surface area (Å²) >= 11 is 5.88. The number of benzene rings is 1. The predicted octanol–water partition coefficient (Wildman–Crippen LogP) is 2.83. The molecule has 0 spiro atoms. The number of likely N-dealkylation sites (N-methyl/N-ethyl adjacent to an activating group) is 1. The summed E-state index contributed by atoms with van der Waals surface area (Å²) in [5.74, 6) is 0. The van der Waals surface area contributed by atoms with Gasteiger partial charge in [-0.15, -0.1) is 0 Å². The molecule has 90 valence electrons. The molecule has 1 aliphatic heterocycles. The van der Waals surface area contributed by atoms with E-state index in [0.29, 0.717) is 10.6 Å². The molecule has 1 aromatic carbocycles. The summed E-state index contributed by atoms with van der Waals surface area (Å²) in [6.45, 7) is 1.67. The molecule has 1 atom stereocenters. The van der Waals surface area contributed by atoms with Crippen LogP contribution in [0.5, 0.6) is 0 Å². The van der Waals surface area contributed by atoms with E-state index in [1.807, 2.05) is 19.2 Å². The molecule has 3 nitrogen and oxygen atoms in total. The first-order valence-electron chi connectivity index (χ1n) is 5.73. The van der Waals surface area contributed by atoms with Crippen molar-refractivity contribution in [3.63, 3.8) is 0 Å². The molecule has 1 saturated heterocycles. The van der Waals surface area contributed by atoms with Gasteiger partial charge in [0.2, 0.25) is 0 Å². The molecule has 0 radical (unpaired) electrons. The van der Waals surface area contributed by atoms with Crippen LogP contribution in [0.1, 0.15) is 18.4 Å². The molecule has 0 amide bonds. The fourth-order valence-corrected chi connectivity index (χ4v) is 2.29. The van der Waals surface area contributed by atoms with Crippen molar-refractivity contribution in [3.05, 3.63) is 28.8 Å². The zero-order valence-corrected chi connectivity index (χ0v) is 10.6. The standard InChI is InChI=1S/C13H15ClN2O/c1-16(9-12-3-2-6-17-12)13-5-4-11(14)7-10(13)8-15/h4-5,7,12H,2-3,6,9H2,1H3. The summed E-state index contributed by atoms with van der Waals surface area (Å²) in [6, 6.07) is 7.57. The SMILES string of the molecule is CN(CC1CCCO1)c1ccc(Cl)cc1C#N. The molecule has 1 aromatic rings.